The van der Waals surface area contributed by atoms with E-state index in [2.05, 4.69) is 12.2 Å². The van der Waals surface area contributed by atoms with Crippen molar-refractivity contribution < 1.29 is 14.7 Å². The minimum Gasteiger partial charge on any atom is -0.395 e. The molecule has 1 aliphatic heterocycles. The molecule has 0 radical (unpaired) electrons. The highest BCUT2D eigenvalue weighted by atomic mass is 16.3. The van der Waals surface area contributed by atoms with Crippen LogP contribution in [0.25, 0.3) is 0 Å². The molecule has 1 heterocycles. The van der Waals surface area contributed by atoms with Gasteiger partial charge in [0.05, 0.1) is 25.0 Å². The molecule has 4 heteroatoms. The number of benzene rings is 2. The zero-order valence-electron chi connectivity index (χ0n) is 14.4. The third-order valence-corrected chi connectivity index (χ3v) is 5.48. The van der Waals surface area contributed by atoms with Crippen molar-refractivity contribution in [3.63, 3.8) is 0 Å². The van der Waals surface area contributed by atoms with Crippen LogP contribution in [0.5, 0.6) is 0 Å². The van der Waals surface area contributed by atoms with Crippen LogP contribution in [0.2, 0.25) is 0 Å². The Hall–Kier alpha value is -2.72. The molecule has 1 saturated heterocycles. The highest BCUT2D eigenvalue weighted by molar-refractivity contribution is 6.06. The highest BCUT2D eigenvalue weighted by Gasteiger charge is 2.54. The van der Waals surface area contributed by atoms with Gasteiger partial charge in [0.15, 0.2) is 0 Å². The zero-order valence-corrected chi connectivity index (χ0v) is 14.4. The quantitative estimate of drug-likeness (QED) is 0.683. The van der Waals surface area contributed by atoms with Crippen LogP contribution in [-0.2, 0) is 9.59 Å². The first-order valence-corrected chi connectivity index (χ1v) is 8.96. The number of allylic oxidation sites excluding steroid dienone is 2. The molecule has 1 N–H and O–H groups in total. The number of nitrogens with zero attached hydrogens (tertiary/aromatic N) is 1. The molecule has 1 aliphatic carbocycles. The Kier molecular flexibility index (Phi) is 4.43. The molecule has 2 aromatic carbocycles. The van der Waals surface area contributed by atoms with E-state index in [1.54, 1.807) is 0 Å². The van der Waals surface area contributed by atoms with Gasteiger partial charge in [0.2, 0.25) is 11.8 Å². The number of aliphatic hydroxyl groups is 1. The van der Waals surface area contributed by atoms with Crippen molar-refractivity contribution in [1.82, 2.24) is 4.90 Å². The molecular weight excluding hydrogens is 326 g/mol. The molecule has 4 nitrogen and oxygen atoms in total. The Bertz CT molecular complexity index is 763. The number of hydrogen-bond donors (Lipinski definition) is 1. The fraction of sp³-hybridized carbons (Fsp3) is 0.273. The predicted octanol–water partition coefficient (Wildman–Crippen LogP) is 2.72. The van der Waals surface area contributed by atoms with E-state index in [0.717, 1.165) is 11.1 Å². The second-order valence-corrected chi connectivity index (χ2v) is 6.86. The number of fused-ring (bicyclic) bond motifs is 1. The van der Waals surface area contributed by atoms with E-state index in [4.69, 9.17) is 0 Å². The van der Waals surface area contributed by atoms with Gasteiger partial charge in [0.25, 0.3) is 0 Å². The first kappa shape index (κ1) is 16.7. The van der Waals surface area contributed by atoms with Gasteiger partial charge < -0.3 is 5.11 Å². The maximum absolute atomic E-state index is 13.1. The summed E-state index contributed by atoms with van der Waals surface area (Å²) in [5, 5.41) is 9.30. The van der Waals surface area contributed by atoms with Crippen LogP contribution in [0.4, 0.5) is 0 Å². The molecule has 0 aromatic heterocycles. The number of likely N-dealkylation sites (tertiary alicyclic amines) is 1. The number of rotatable bonds is 4. The Morgan fingerprint density at radius 1 is 0.731 bits per heavy atom. The Morgan fingerprint density at radius 2 is 1.15 bits per heavy atom. The van der Waals surface area contributed by atoms with Crippen LogP contribution in [0.1, 0.15) is 23.0 Å². The summed E-state index contributed by atoms with van der Waals surface area (Å²) in [6.07, 6.45) is 4.14. The minimum atomic E-state index is -0.424. The van der Waals surface area contributed by atoms with E-state index in [1.165, 1.54) is 4.90 Å². The normalized spacial score (nSPS) is 27.7. The summed E-state index contributed by atoms with van der Waals surface area (Å²) in [7, 11) is 0. The molecule has 2 amide bonds. The number of aliphatic hydroxyl groups excluding tert-OH is 1. The lowest BCUT2D eigenvalue weighted by Gasteiger charge is -2.32. The average Bonchev–Trinajstić information content (AvgIpc) is 2.95. The lowest BCUT2D eigenvalue weighted by atomic mass is 9.68. The summed E-state index contributed by atoms with van der Waals surface area (Å²) >= 11 is 0. The fourth-order valence-electron chi connectivity index (χ4n) is 4.32. The number of hydrogen-bond acceptors (Lipinski definition) is 3. The van der Waals surface area contributed by atoms with Crippen LogP contribution in [0.3, 0.4) is 0 Å². The van der Waals surface area contributed by atoms with Gasteiger partial charge in [-0.15, -0.1) is 0 Å². The largest absolute Gasteiger partial charge is 0.395 e. The van der Waals surface area contributed by atoms with Crippen LogP contribution in [-0.4, -0.2) is 35.0 Å². The van der Waals surface area contributed by atoms with Crippen LogP contribution in [0.15, 0.2) is 72.8 Å². The summed E-state index contributed by atoms with van der Waals surface area (Å²) in [5.41, 5.74) is 2.08. The first-order valence-electron chi connectivity index (χ1n) is 8.96. The van der Waals surface area contributed by atoms with Crippen LogP contribution < -0.4 is 0 Å². The van der Waals surface area contributed by atoms with Crippen molar-refractivity contribution in [3.05, 3.63) is 83.9 Å². The summed E-state index contributed by atoms with van der Waals surface area (Å²) in [6.45, 7) is -0.149. The van der Waals surface area contributed by atoms with E-state index in [1.807, 2.05) is 60.7 Å². The van der Waals surface area contributed by atoms with Crippen molar-refractivity contribution in [2.24, 2.45) is 11.8 Å². The molecule has 0 bridgehead atoms. The predicted molar refractivity (Wildman–Crippen MR) is 98.3 cm³/mol. The third kappa shape index (κ3) is 2.67. The molecule has 26 heavy (non-hydrogen) atoms. The second kappa shape index (κ2) is 6.89. The maximum atomic E-state index is 13.1. The van der Waals surface area contributed by atoms with Crippen molar-refractivity contribution in [1.29, 1.82) is 0 Å². The van der Waals surface area contributed by atoms with E-state index in [9.17, 15) is 14.7 Å². The number of β-amino-alcohol motifs (C(OH)–C–C–N with tert-alkyl or cyclic N) is 1. The molecule has 1 fully saturated rings. The number of imide groups is 1. The van der Waals surface area contributed by atoms with Crippen molar-refractivity contribution in [2.45, 2.75) is 11.8 Å². The number of carbonyl (C=O) groups is 2. The molecule has 4 rings (SSSR count). The Balaban J connectivity index is 1.80. The molecular formula is C22H21NO3. The van der Waals surface area contributed by atoms with Crippen molar-refractivity contribution in [3.8, 4) is 0 Å². The Morgan fingerprint density at radius 3 is 1.54 bits per heavy atom. The van der Waals surface area contributed by atoms with E-state index < -0.39 is 11.8 Å². The second-order valence-electron chi connectivity index (χ2n) is 6.86. The average molecular weight is 347 g/mol. The summed E-state index contributed by atoms with van der Waals surface area (Å²) in [6, 6.07) is 19.7. The van der Waals surface area contributed by atoms with Gasteiger partial charge >= 0.3 is 0 Å². The zero-order chi connectivity index (χ0) is 18.1. The van der Waals surface area contributed by atoms with Gasteiger partial charge in [0.1, 0.15) is 0 Å². The lowest BCUT2D eigenvalue weighted by Crippen LogP contribution is -2.34. The highest BCUT2D eigenvalue weighted by Crippen LogP contribution is 2.49. The number of carbonyl (C=O) groups excluding carboxylic acids is 2. The fourth-order valence-corrected chi connectivity index (χ4v) is 4.32. The van der Waals surface area contributed by atoms with Gasteiger partial charge in [0, 0.05) is 11.8 Å². The van der Waals surface area contributed by atoms with Gasteiger partial charge in [-0.25, -0.2) is 0 Å². The molecule has 0 saturated carbocycles. The lowest BCUT2D eigenvalue weighted by molar-refractivity contribution is -0.140. The van der Waals surface area contributed by atoms with E-state index in [-0.39, 0.29) is 36.8 Å². The van der Waals surface area contributed by atoms with E-state index in [0.29, 0.717) is 0 Å². The van der Waals surface area contributed by atoms with E-state index >= 15 is 0 Å². The molecule has 2 aromatic rings. The third-order valence-electron chi connectivity index (χ3n) is 5.48. The summed E-state index contributed by atoms with van der Waals surface area (Å²) < 4.78 is 0. The standard InChI is InChI=1S/C22H21NO3/c24-14-13-23-21(25)19-17(15-7-3-1-4-8-15)11-12-18(20(19)22(23)26)16-9-5-2-6-10-16/h1-12,17-20,24H,13-14H2/t17-,18-,19-,20-/m1/s1. The molecule has 4 atom stereocenters. The summed E-state index contributed by atoms with van der Waals surface area (Å²) in [4.78, 5) is 27.4. The first-order chi connectivity index (χ1) is 12.7. The molecule has 132 valence electrons. The smallest absolute Gasteiger partial charge is 0.234 e. The van der Waals surface area contributed by atoms with Gasteiger partial charge in [-0.1, -0.05) is 72.8 Å². The van der Waals surface area contributed by atoms with Gasteiger partial charge in [-0.05, 0) is 11.1 Å². The molecule has 0 spiro atoms. The Labute approximate surface area is 152 Å². The monoisotopic (exact) mass is 347 g/mol. The van der Waals surface area contributed by atoms with Gasteiger partial charge in [-0.3, -0.25) is 14.5 Å². The van der Waals surface area contributed by atoms with Gasteiger partial charge in [-0.2, -0.15) is 0 Å². The topological polar surface area (TPSA) is 57.6 Å². The van der Waals surface area contributed by atoms with Crippen molar-refractivity contribution in [2.75, 3.05) is 13.2 Å². The number of amides is 2. The minimum absolute atomic E-state index is 0.0632. The maximum Gasteiger partial charge on any atom is 0.234 e. The van der Waals surface area contributed by atoms with Crippen molar-refractivity contribution >= 4 is 11.8 Å². The molecule has 0 unspecified atom stereocenters. The van der Waals surface area contributed by atoms with Crippen LogP contribution in [0, 0.1) is 11.8 Å². The SMILES string of the molecule is O=C1[C@H]2[C@H](C(=O)N1CCO)[C@@H](c1ccccc1)C=C[C@@H]2c1ccccc1. The van der Waals surface area contributed by atoms with Crippen LogP contribution >= 0.6 is 0 Å². The molecule has 2 aliphatic rings. The summed E-state index contributed by atoms with van der Waals surface area (Å²) in [5.74, 6) is -1.44.